The second kappa shape index (κ2) is 9.31. The standard InChI is InChI=1S/C22H20N2O7/c1-2-28-22(26)15-4-3-5-16(8-15)23-21(25)12-27-11-17-10-19(31-24-17)14-6-7-18-20(9-14)30-13-29-18/h3-10H,2,11-13H2,1H3,(H,23,25). The van der Waals surface area contributed by atoms with E-state index in [4.69, 9.17) is 23.5 Å². The lowest BCUT2D eigenvalue weighted by Gasteiger charge is -2.07. The summed E-state index contributed by atoms with van der Waals surface area (Å²) < 4.78 is 26.4. The van der Waals surface area contributed by atoms with Gasteiger partial charge < -0.3 is 28.8 Å². The molecule has 1 N–H and O–H groups in total. The summed E-state index contributed by atoms with van der Waals surface area (Å²) >= 11 is 0. The second-order valence-corrected chi connectivity index (χ2v) is 6.59. The van der Waals surface area contributed by atoms with Gasteiger partial charge in [-0.05, 0) is 43.3 Å². The zero-order valence-electron chi connectivity index (χ0n) is 16.8. The van der Waals surface area contributed by atoms with E-state index in [-0.39, 0.29) is 32.5 Å². The van der Waals surface area contributed by atoms with Crippen LogP contribution in [-0.2, 0) is 20.9 Å². The lowest BCUT2D eigenvalue weighted by Crippen LogP contribution is -2.18. The number of amides is 1. The summed E-state index contributed by atoms with van der Waals surface area (Å²) in [5.74, 6) is 1.08. The number of hydrogen-bond acceptors (Lipinski definition) is 8. The maximum absolute atomic E-state index is 12.1. The summed E-state index contributed by atoms with van der Waals surface area (Å²) in [5, 5.41) is 6.64. The van der Waals surface area contributed by atoms with E-state index in [1.165, 1.54) is 0 Å². The normalized spacial score (nSPS) is 11.9. The highest BCUT2D eigenvalue weighted by atomic mass is 16.7. The highest BCUT2D eigenvalue weighted by molar-refractivity contribution is 5.95. The lowest BCUT2D eigenvalue weighted by atomic mass is 10.1. The molecule has 0 radical (unpaired) electrons. The fraction of sp³-hybridized carbons (Fsp3) is 0.227. The van der Waals surface area contributed by atoms with Crippen molar-refractivity contribution in [2.45, 2.75) is 13.5 Å². The molecule has 1 aliphatic rings. The molecule has 3 aromatic rings. The van der Waals surface area contributed by atoms with Gasteiger partial charge in [0.05, 0.1) is 18.8 Å². The molecule has 0 saturated heterocycles. The Hall–Kier alpha value is -3.85. The molecule has 9 heteroatoms. The van der Waals surface area contributed by atoms with Crippen LogP contribution in [0, 0.1) is 0 Å². The van der Waals surface area contributed by atoms with Crippen LogP contribution >= 0.6 is 0 Å². The van der Waals surface area contributed by atoms with E-state index >= 15 is 0 Å². The molecule has 2 heterocycles. The Morgan fingerprint density at radius 3 is 2.84 bits per heavy atom. The molecule has 0 bridgehead atoms. The number of hydrogen-bond donors (Lipinski definition) is 1. The molecular formula is C22H20N2O7. The molecule has 0 fully saturated rings. The highest BCUT2D eigenvalue weighted by Crippen LogP contribution is 2.36. The quantitative estimate of drug-likeness (QED) is 0.548. The Bertz CT molecular complexity index is 1090. The fourth-order valence-corrected chi connectivity index (χ4v) is 2.95. The van der Waals surface area contributed by atoms with Gasteiger partial charge in [-0.1, -0.05) is 11.2 Å². The van der Waals surface area contributed by atoms with E-state index in [1.54, 1.807) is 43.3 Å². The first-order valence-corrected chi connectivity index (χ1v) is 9.63. The average Bonchev–Trinajstić information content (AvgIpc) is 3.43. The summed E-state index contributed by atoms with van der Waals surface area (Å²) in [6.07, 6.45) is 0. The Balaban J connectivity index is 1.28. The first-order chi connectivity index (χ1) is 15.1. The van der Waals surface area contributed by atoms with Crippen LogP contribution in [0.25, 0.3) is 11.3 Å². The first-order valence-electron chi connectivity index (χ1n) is 9.63. The molecule has 0 aliphatic carbocycles. The molecule has 2 aromatic carbocycles. The largest absolute Gasteiger partial charge is 0.462 e. The summed E-state index contributed by atoms with van der Waals surface area (Å²) in [4.78, 5) is 23.9. The van der Waals surface area contributed by atoms with Crippen molar-refractivity contribution in [2.75, 3.05) is 25.3 Å². The lowest BCUT2D eigenvalue weighted by molar-refractivity contribution is -0.121. The van der Waals surface area contributed by atoms with Crippen LogP contribution in [-0.4, -0.2) is 37.0 Å². The predicted octanol–water partition coefficient (Wildman–Crippen LogP) is 3.40. The van der Waals surface area contributed by atoms with Gasteiger partial charge in [0, 0.05) is 17.3 Å². The van der Waals surface area contributed by atoms with Gasteiger partial charge in [0.1, 0.15) is 12.3 Å². The highest BCUT2D eigenvalue weighted by Gasteiger charge is 2.16. The summed E-state index contributed by atoms with van der Waals surface area (Å²) in [7, 11) is 0. The van der Waals surface area contributed by atoms with Crippen LogP contribution in [0.15, 0.2) is 53.1 Å². The minimum Gasteiger partial charge on any atom is -0.462 e. The molecule has 1 aliphatic heterocycles. The average molecular weight is 424 g/mol. The maximum atomic E-state index is 12.1. The van der Waals surface area contributed by atoms with E-state index in [1.807, 2.05) is 12.1 Å². The number of carbonyl (C=O) groups excluding carboxylic acids is 2. The van der Waals surface area contributed by atoms with Gasteiger partial charge in [-0.2, -0.15) is 0 Å². The third-order valence-electron chi connectivity index (χ3n) is 4.36. The van der Waals surface area contributed by atoms with Crippen molar-refractivity contribution in [3.05, 3.63) is 59.8 Å². The minimum atomic E-state index is -0.445. The van der Waals surface area contributed by atoms with Crippen LogP contribution in [0.3, 0.4) is 0 Å². The molecule has 4 rings (SSSR count). The number of aromatic nitrogens is 1. The smallest absolute Gasteiger partial charge is 0.338 e. The van der Waals surface area contributed by atoms with Crippen molar-refractivity contribution in [1.29, 1.82) is 0 Å². The topological polar surface area (TPSA) is 109 Å². The molecule has 9 nitrogen and oxygen atoms in total. The van der Waals surface area contributed by atoms with E-state index < -0.39 is 5.97 Å². The van der Waals surface area contributed by atoms with Gasteiger partial charge in [0.15, 0.2) is 17.3 Å². The zero-order chi connectivity index (χ0) is 21.6. The van der Waals surface area contributed by atoms with E-state index in [9.17, 15) is 9.59 Å². The van der Waals surface area contributed by atoms with E-state index in [0.717, 1.165) is 5.56 Å². The second-order valence-electron chi connectivity index (χ2n) is 6.59. The van der Waals surface area contributed by atoms with Crippen molar-refractivity contribution in [2.24, 2.45) is 0 Å². The Morgan fingerprint density at radius 1 is 1.10 bits per heavy atom. The van der Waals surface area contributed by atoms with Crippen LogP contribution in [0.4, 0.5) is 5.69 Å². The van der Waals surface area contributed by atoms with Crippen molar-refractivity contribution in [3.8, 4) is 22.8 Å². The van der Waals surface area contributed by atoms with Crippen molar-refractivity contribution < 1.29 is 33.1 Å². The molecule has 0 saturated carbocycles. The van der Waals surface area contributed by atoms with Gasteiger partial charge in [-0.15, -0.1) is 0 Å². The summed E-state index contributed by atoms with van der Waals surface area (Å²) in [6.45, 7) is 2.12. The minimum absolute atomic E-state index is 0.102. The van der Waals surface area contributed by atoms with Crippen molar-refractivity contribution in [3.63, 3.8) is 0 Å². The van der Waals surface area contributed by atoms with Crippen LogP contribution in [0.5, 0.6) is 11.5 Å². The number of ether oxygens (including phenoxy) is 4. The number of esters is 1. The third-order valence-corrected chi connectivity index (χ3v) is 4.36. The predicted molar refractivity (Wildman–Crippen MR) is 109 cm³/mol. The number of benzene rings is 2. The Kier molecular flexibility index (Phi) is 6.13. The van der Waals surface area contributed by atoms with Gasteiger partial charge >= 0.3 is 5.97 Å². The van der Waals surface area contributed by atoms with Gasteiger partial charge in [0.25, 0.3) is 0 Å². The molecule has 160 valence electrons. The molecule has 0 atom stereocenters. The molecule has 0 unspecified atom stereocenters. The molecule has 1 aromatic heterocycles. The Labute approximate surface area is 177 Å². The SMILES string of the molecule is CCOC(=O)c1cccc(NC(=O)COCc2cc(-c3ccc4c(c3)OCO4)on2)c1. The monoisotopic (exact) mass is 424 g/mol. The van der Waals surface area contributed by atoms with Crippen molar-refractivity contribution in [1.82, 2.24) is 5.16 Å². The fourth-order valence-electron chi connectivity index (χ4n) is 2.95. The molecular weight excluding hydrogens is 404 g/mol. The number of anilines is 1. The summed E-state index contributed by atoms with van der Waals surface area (Å²) in [6, 6.07) is 13.7. The third kappa shape index (κ3) is 5.01. The number of carbonyl (C=O) groups is 2. The number of fused-ring (bicyclic) bond motifs is 1. The van der Waals surface area contributed by atoms with Crippen LogP contribution in [0.1, 0.15) is 23.0 Å². The van der Waals surface area contributed by atoms with Gasteiger partial charge in [-0.3, -0.25) is 4.79 Å². The first kappa shape index (κ1) is 20.4. The molecule has 0 spiro atoms. The molecule has 1 amide bonds. The Morgan fingerprint density at radius 2 is 1.97 bits per heavy atom. The van der Waals surface area contributed by atoms with Crippen molar-refractivity contribution >= 4 is 17.6 Å². The van der Waals surface area contributed by atoms with Crippen LogP contribution in [0.2, 0.25) is 0 Å². The van der Waals surface area contributed by atoms with Gasteiger partial charge in [0.2, 0.25) is 12.7 Å². The number of nitrogens with one attached hydrogen (secondary N) is 1. The number of nitrogens with zero attached hydrogens (tertiary/aromatic N) is 1. The zero-order valence-corrected chi connectivity index (χ0v) is 16.8. The summed E-state index contributed by atoms with van der Waals surface area (Å²) in [5.41, 5.74) is 2.18. The number of rotatable bonds is 8. The van der Waals surface area contributed by atoms with E-state index in [2.05, 4.69) is 10.5 Å². The van der Waals surface area contributed by atoms with Gasteiger partial charge in [-0.25, -0.2) is 4.79 Å². The van der Waals surface area contributed by atoms with E-state index in [0.29, 0.717) is 34.2 Å². The molecule has 31 heavy (non-hydrogen) atoms. The van der Waals surface area contributed by atoms with Crippen LogP contribution < -0.4 is 14.8 Å². The maximum Gasteiger partial charge on any atom is 0.338 e.